The standard InChI is InChI=1S/C25H41N5O2/c1-3-24-10-9-19(28-11-12-29-23(26)27)15-25(24,32)22(30(4-2)16-17-5-6-17)13-18-7-8-20(31)14-21(18)24/h7-8,14,17,19,22,28,31-32H,3-6,9-13,15-16H2,1-2H3,(H4,26,27,29)/t19-,22+,24+,25+/m0/s1. The minimum absolute atomic E-state index is 0.0763. The maximum atomic E-state index is 12.7. The maximum absolute atomic E-state index is 12.7. The SMILES string of the molecule is CCN(CC1CC1)[C@@H]1Cc2ccc(O)cc2[C@@]2(CC)CC[C@H](NCCN=C(N)N)C[C@@]12O. The summed E-state index contributed by atoms with van der Waals surface area (Å²) in [6, 6.07) is 6.10. The molecule has 0 aliphatic heterocycles. The van der Waals surface area contributed by atoms with Gasteiger partial charge in [-0.15, -0.1) is 0 Å². The molecule has 2 saturated carbocycles. The summed E-state index contributed by atoms with van der Waals surface area (Å²) in [7, 11) is 0. The Kier molecular flexibility index (Phi) is 6.71. The molecule has 7 nitrogen and oxygen atoms in total. The predicted molar refractivity (Wildman–Crippen MR) is 129 cm³/mol. The number of fused-ring (bicyclic) bond motifs is 3. The molecule has 7 heteroatoms. The van der Waals surface area contributed by atoms with Crippen molar-refractivity contribution in [3.05, 3.63) is 29.3 Å². The van der Waals surface area contributed by atoms with Gasteiger partial charge in [0.15, 0.2) is 5.96 Å². The number of nitrogens with one attached hydrogen (secondary N) is 1. The van der Waals surface area contributed by atoms with E-state index in [-0.39, 0.29) is 23.5 Å². The van der Waals surface area contributed by atoms with Gasteiger partial charge in [-0.05, 0) is 80.7 Å². The Balaban J connectivity index is 1.67. The van der Waals surface area contributed by atoms with Crippen molar-refractivity contribution >= 4 is 5.96 Å². The van der Waals surface area contributed by atoms with E-state index in [4.69, 9.17) is 11.5 Å². The zero-order valence-electron chi connectivity index (χ0n) is 19.7. The number of aliphatic imine (C=N–C) groups is 1. The Morgan fingerprint density at radius 2 is 2.03 bits per heavy atom. The number of hydrogen-bond acceptors (Lipinski definition) is 5. The molecule has 1 aromatic rings. The number of nitrogens with two attached hydrogens (primary N) is 2. The quantitative estimate of drug-likeness (QED) is 0.226. The van der Waals surface area contributed by atoms with Gasteiger partial charge in [-0.2, -0.15) is 0 Å². The van der Waals surface area contributed by atoms with Gasteiger partial charge in [0.1, 0.15) is 5.75 Å². The zero-order valence-corrected chi connectivity index (χ0v) is 19.7. The zero-order chi connectivity index (χ0) is 22.9. The molecule has 0 radical (unpaired) electrons. The second-order valence-electron chi connectivity index (χ2n) is 10.2. The summed E-state index contributed by atoms with van der Waals surface area (Å²) in [5.74, 6) is 1.18. The minimum Gasteiger partial charge on any atom is -0.508 e. The van der Waals surface area contributed by atoms with Crippen LogP contribution in [0, 0.1) is 5.92 Å². The van der Waals surface area contributed by atoms with Crippen molar-refractivity contribution in [2.45, 2.75) is 81.9 Å². The van der Waals surface area contributed by atoms with E-state index >= 15 is 0 Å². The number of phenols is 1. The van der Waals surface area contributed by atoms with Gasteiger partial charge in [0.25, 0.3) is 0 Å². The molecule has 0 amide bonds. The van der Waals surface area contributed by atoms with Crippen molar-refractivity contribution in [3.8, 4) is 5.75 Å². The number of likely N-dealkylation sites (N-methyl/N-ethyl adjacent to an activating group) is 1. The number of phenolic OH excluding ortho intramolecular Hbond substituents is 1. The van der Waals surface area contributed by atoms with Crippen molar-refractivity contribution < 1.29 is 10.2 Å². The van der Waals surface area contributed by atoms with E-state index in [2.05, 4.69) is 35.1 Å². The second kappa shape index (κ2) is 9.20. The van der Waals surface area contributed by atoms with Gasteiger partial charge in [0.2, 0.25) is 0 Å². The molecule has 3 aliphatic rings. The summed E-state index contributed by atoms with van der Waals surface area (Å²) >= 11 is 0. The van der Waals surface area contributed by atoms with Crippen LogP contribution in [-0.2, 0) is 11.8 Å². The molecule has 1 aromatic carbocycles. The van der Waals surface area contributed by atoms with E-state index < -0.39 is 5.60 Å². The molecule has 0 bridgehead atoms. The van der Waals surface area contributed by atoms with Gasteiger partial charge in [0.05, 0.1) is 12.1 Å². The van der Waals surface area contributed by atoms with Gasteiger partial charge in [-0.25, -0.2) is 0 Å². The van der Waals surface area contributed by atoms with Crippen LogP contribution >= 0.6 is 0 Å². The van der Waals surface area contributed by atoms with Crippen LogP contribution in [0.1, 0.15) is 63.5 Å². The molecule has 4 rings (SSSR count). The first-order valence-electron chi connectivity index (χ1n) is 12.4. The molecule has 2 fully saturated rings. The van der Waals surface area contributed by atoms with Crippen molar-refractivity contribution in [2.75, 3.05) is 26.2 Å². The lowest BCUT2D eigenvalue weighted by Crippen LogP contribution is -2.70. The van der Waals surface area contributed by atoms with Gasteiger partial charge in [-0.1, -0.05) is 19.9 Å². The first-order valence-corrected chi connectivity index (χ1v) is 12.4. The number of benzene rings is 1. The summed E-state index contributed by atoms with van der Waals surface area (Å²) in [4.78, 5) is 6.63. The van der Waals surface area contributed by atoms with Crippen molar-refractivity contribution in [2.24, 2.45) is 22.4 Å². The van der Waals surface area contributed by atoms with Crippen molar-refractivity contribution in [1.82, 2.24) is 10.2 Å². The highest BCUT2D eigenvalue weighted by molar-refractivity contribution is 5.75. The fourth-order valence-corrected chi connectivity index (χ4v) is 6.54. The van der Waals surface area contributed by atoms with Crippen LogP contribution in [0.4, 0.5) is 0 Å². The number of aromatic hydroxyl groups is 1. The van der Waals surface area contributed by atoms with Crippen LogP contribution in [0.3, 0.4) is 0 Å². The molecular weight excluding hydrogens is 402 g/mol. The van der Waals surface area contributed by atoms with Crippen LogP contribution in [0.5, 0.6) is 5.75 Å². The molecule has 32 heavy (non-hydrogen) atoms. The number of hydrogen-bond donors (Lipinski definition) is 5. The molecule has 4 atom stereocenters. The fourth-order valence-electron chi connectivity index (χ4n) is 6.54. The number of guanidine groups is 1. The molecule has 0 heterocycles. The minimum atomic E-state index is -0.862. The first-order chi connectivity index (χ1) is 15.3. The largest absolute Gasteiger partial charge is 0.508 e. The Hall–Kier alpha value is -1.83. The Morgan fingerprint density at radius 1 is 1.25 bits per heavy atom. The summed E-state index contributed by atoms with van der Waals surface area (Å²) in [5, 5.41) is 26.6. The van der Waals surface area contributed by atoms with Crippen LogP contribution < -0.4 is 16.8 Å². The lowest BCUT2D eigenvalue weighted by molar-refractivity contribution is -0.143. The summed E-state index contributed by atoms with van der Waals surface area (Å²) in [6.45, 7) is 7.67. The summed E-state index contributed by atoms with van der Waals surface area (Å²) < 4.78 is 0. The highest BCUT2D eigenvalue weighted by Gasteiger charge is 2.61. The highest BCUT2D eigenvalue weighted by Crippen LogP contribution is 2.56. The molecule has 3 aliphatic carbocycles. The van der Waals surface area contributed by atoms with Crippen LogP contribution in [0.15, 0.2) is 23.2 Å². The van der Waals surface area contributed by atoms with E-state index in [1.807, 2.05) is 6.07 Å². The highest BCUT2D eigenvalue weighted by atomic mass is 16.3. The Labute approximate surface area is 192 Å². The van der Waals surface area contributed by atoms with E-state index in [1.54, 1.807) is 6.07 Å². The number of nitrogens with zero attached hydrogens (tertiary/aromatic N) is 2. The molecule has 7 N–H and O–H groups in total. The van der Waals surface area contributed by atoms with Gasteiger partial charge in [-0.3, -0.25) is 9.89 Å². The average molecular weight is 444 g/mol. The van der Waals surface area contributed by atoms with Crippen molar-refractivity contribution in [3.63, 3.8) is 0 Å². The van der Waals surface area contributed by atoms with E-state index in [0.717, 1.165) is 50.3 Å². The summed E-state index contributed by atoms with van der Waals surface area (Å²) in [5.41, 5.74) is 12.1. The van der Waals surface area contributed by atoms with Gasteiger partial charge in [0, 0.05) is 30.6 Å². The third kappa shape index (κ3) is 4.22. The summed E-state index contributed by atoms with van der Waals surface area (Å²) in [6.07, 6.45) is 6.87. The predicted octanol–water partition coefficient (Wildman–Crippen LogP) is 1.84. The third-order valence-electron chi connectivity index (χ3n) is 8.36. The monoisotopic (exact) mass is 443 g/mol. The molecule has 0 saturated heterocycles. The lowest BCUT2D eigenvalue weighted by Gasteiger charge is -2.61. The Morgan fingerprint density at radius 3 is 2.69 bits per heavy atom. The molecule has 0 spiro atoms. The average Bonchev–Trinajstić information content (AvgIpc) is 3.58. The maximum Gasteiger partial charge on any atom is 0.185 e. The number of aliphatic hydroxyl groups is 1. The fraction of sp³-hybridized carbons (Fsp3) is 0.720. The molecule has 0 unspecified atom stereocenters. The van der Waals surface area contributed by atoms with Crippen LogP contribution in [0.2, 0.25) is 0 Å². The molecular formula is C25H41N5O2. The normalized spacial score (nSPS) is 31.8. The lowest BCUT2D eigenvalue weighted by atomic mass is 9.50. The van der Waals surface area contributed by atoms with E-state index in [0.29, 0.717) is 25.3 Å². The molecule has 178 valence electrons. The topological polar surface area (TPSA) is 120 Å². The van der Waals surface area contributed by atoms with E-state index in [1.165, 1.54) is 18.4 Å². The van der Waals surface area contributed by atoms with Crippen LogP contribution in [-0.4, -0.2) is 64.9 Å². The smallest absolute Gasteiger partial charge is 0.185 e. The van der Waals surface area contributed by atoms with Gasteiger partial charge >= 0.3 is 0 Å². The van der Waals surface area contributed by atoms with Crippen LogP contribution in [0.25, 0.3) is 0 Å². The van der Waals surface area contributed by atoms with Gasteiger partial charge < -0.3 is 27.0 Å². The first kappa shape index (κ1) is 23.3. The third-order valence-corrected chi connectivity index (χ3v) is 8.36. The van der Waals surface area contributed by atoms with E-state index in [9.17, 15) is 10.2 Å². The second-order valence-corrected chi connectivity index (χ2v) is 10.2. The Bertz CT molecular complexity index is 838. The van der Waals surface area contributed by atoms with Crippen molar-refractivity contribution in [1.29, 1.82) is 0 Å². The number of rotatable bonds is 9. The molecule has 0 aromatic heterocycles.